The fraction of sp³-hybridized carbons (Fsp3) is 0.273. The third-order valence-corrected chi connectivity index (χ3v) is 5.72. The number of nitrogens with zero attached hydrogens (tertiary/aromatic N) is 2. The zero-order valence-electron chi connectivity index (χ0n) is 15.9. The van der Waals surface area contributed by atoms with Gasteiger partial charge in [-0.15, -0.1) is 11.3 Å². The van der Waals surface area contributed by atoms with Gasteiger partial charge in [0, 0.05) is 28.9 Å². The smallest absolute Gasteiger partial charge is 0.277 e. The van der Waals surface area contributed by atoms with Crippen LogP contribution in [-0.4, -0.2) is 24.0 Å². The Kier molecular flexibility index (Phi) is 5.30. The average molecular weight is 394 g/mol. The molecule has 0 unspecified atom stereocenters. The van der Waals surface area contributed by atoms with Crippen LogP contribution in [0.2, 0.25) is 0 Å². The Labute approximate surface area is 168 Å². The predicted molar refractivity (Wildman–Crippen MR) is 114 cm³/mol. The van der Waals surface area contributed by atoms with Gasteiger partial charge in [-0.1, -0.05) is 13.0 Å². The summed E-state index contributed by atoms with van der Waals surface area (Å²) in [6.07, 6.45) is 2.79. The first-order valence-corrected chi connectivity index (χ1v) is 10.4. The maximum atomic E-state index is 13.1. The van der Waals surface area contributed by atoms with Crippen LogP contribution in [-0.2, 0) is 6.42 Å². The molecule has 0 aliphatic carbocycles. The van der Waals surface area contributed by atoms with E-state index < -0.39 is 0 Å². The fourth-order valence-electron chi connectivity index (χ4n) is 3.42. The van der Waals surface area contributed by atoms with Crippen LogP contribution in [0.25, 0.3) is 10.6 Å². The monoisotopic (exact) mass is 393 g/mol. The van der Waals surface area contributed by atoms with Crippen LogP contribution in [0.15, 0.2) is 47.8 Å². The lowest BCUT2D eigenvalue weighted by atomic mass is 9.99. The van der Waals surface area contributed by atoms with E-state index in [0.29, 0.717) is 18.8 Å². The Morgan fingerprint density at radius 3 is 2.86 bits per heavy atom. The van der Waals surface area contributed by atoms with Crippen molar-refractivity contribution in [2.75, 3.05) is 23.8 Å². The highest BCUT2D eigenvalue weighted by Crippen LogP contribution is 2.33. The van der Waals surface area contributed by atoms with Gasteiger partial charge in [-0.05, 0) is 61.2 Å². The van der Waals surface area contributed by atoms with Crippen molar-refractivity contribution >= 4 is 28.6 Å². The predicted octanol–water partition coefficient (Wildman–Crippen LogP) is 4.77. The molecule has 0 radical (unpaired) electrons. The summed E-state index contributed by atoms with van der Waals surface area (Å²) >= 11 is 1.48. The number of nitrogen functional groups attached to an aromatic ring is 1. The molecule has 0 saturated carbocycles. The summed E-state index contributed by atoms with van der Waals surface area (Å²) in [4.78, 5) is 19.5. The van der Waals surface area contributed by atoms with Crippen LogP contribution in [0.4, 0.5) is 11.4 Å². The maximum absolute atomic E-state index is 13.1. The highest BCUT2D eigenvalue weighted by Gasteiger charge is 2.26. The molecule has 4 rings (SSSR count). The third-order valence-electron chi connectivity index (χ3n) is 4.83. The van der Waals surface area contributed by atoms with Gasteiger partial charge in [-0.3, -0.25) is 4.79 Å². The fourth-order valence-corrected chi connectivity index (χ4v) is 4.22. The zero-order valence-corrected chi connectivity index (χ0v) is 16.7. The first kappa shape index (κ1) is 18.5. The second kappa shape index (κ2) is 8.02. The van der Waals surface area contributed by atoms with Crippen LogP contribution in [0, 0.1) is 0 Å². The minimum atomic E-state index is -0.0723. The van der Waals surface area contributed by atoms with Crippen molar-refractivity contribution in [3.8, 4) is 16.3 Å². The summed E-state index contributed by atoms with van der Waals surface area (Å²) in [6.45, 7) is 3.47. The molecule has 1 amide bonds. The van der Waals surface area contributed by atoms with Gasteiger partial charge in [-0.25, -0.2) is 4.98 Å². The lowest BCUT2D eigenvalue weighted by Crippen LogP contribution is -2.35. The lowest BCUT2D eigenvalue weighted by Gasteiger charge is -2.29. The van der Waals surface area contributed by atoms with E-state index in [-0.39, 0.29) is 5.91 Å². The molecular formula is C22H23N3O2S. The van der Waals surface area contributed by atoms with E-state index in [2.05, 4.69) is 11.9 Å². The lowest BCUT2D eigenvalue weighted by molar-refractivity contribution is 0.0981. The van der Waals surface area contributed by atoms with Gasteiger partial charge in [0.15, 0.2) is 0 Å². The van der Waals surface area contributed by atoms with E-state index in [1.165, 1.54) is 11.3 Å². The molecule has 2 heterocycles. The average Bonchev–Trinajstić information content (AvgIpc) is 3.22. The van der Waals surface area contributed by atoms with E-state index in [9.17, 15) is 4.79 Å². The SMILES string of the molecule is CCCOc1ccc(-c2nc(C(=O)N3CCCc4c(N)cccc43)cs2)cc1. The minimum Gasteiger partial charge on any atom is -0.494 e. The summed E-state index contributed by atoms with van der Waals surface area (Å²) < 4.78 is 5.62. The number of benzene rings is 2. The molecule has 144 valence electrons. The molecule has 2 N–H and O–H groups in total. The summed E-state index contributed by atoms with van der Waals surface area (Å²) in [5.74, 6) is 0.776. The number of thiazole rings is 1. The van der Waals surface area contributed by atoms with Crippen LogP contribution in [0.1, 0.15) is 35.8 Å². The number of amides is 1. The second-order valence-corrected chi connectivity index (χ2v) is 7.67. The molecule has 0 atom stereocenters. The van der Waals surface area contributed by atoms with Gasteiger partial charge in [0.25, 0.3) is 5.91 Å². The van der Waals surface area contributed by atoms with Crippen molar-refractivity contribution in [2.45, 2.75) is 26.2 Å². The molecule has 28 heavy (non-hydrogen) atoms. The topological polar surface area (TPSA) is 68.5 Å². The van der Waals surface area contributed by atoms with E-state index >= 15 is 0 Å². The summed E-state index contributed by atoms with van der Waals surface area (Å²) in [7, 11) is 0. The van der Waals surface area contributed by atoms with E-state index in [4.69, 9.17) is 10.5 Å². The molecule has 1 aliphatic heterocycles. The molecule has 0 spiro atoms. The van der Waals surface area contributed by atoms with Crippen LogP contribution in [0.5, 0.6) is 5.75 Å². The number of ether oxygens (including phenoxy) is 1. The summed E-state index contributed by atoms with van der Waals surface area (Å²) in [5, 5.41) is 2.66. The first-order chi connectivity index (χ1) is 13.7. The Morgan fingerprint density at radius 2 is 2.07 bits per heavy atom. The van der Waals surface area contributed by atoms with Gasteiger partial charge < -0.3 is 15.4 Å². The highest BCUT2D eigenvalue weighted by molar-refractivity contribution is 7.13. The van der Waals surface area contributed by atoms with Gasteiger partial charge in [0.1, 0.15) is 16.5 Å². The molecule has 0 fully saturated rings. The second-order valence-electron chi connectivity index (χ2n) is 6.82. The Morgan fingerprint density at radius 1 is 1.25 bits per heavy atom. The Bertz CT molecular complexity index is 982. The molecule has 0 saturated heterocycles. The number of carbonyl (C=O) groups excluding carboxylic acids is 1. The Balaban J connectivity index is 1.55. The van der Waals surface area contributed by atoms with Crippen molar-refractivity contribution < 1.29 is 9.53 Å². The maximum Gasteiger partial charge on any atom is 0.277 e. The van der Waals surface area contributed by atoms with E-state index in [1.807, 2.05) is 47.8 Å². The number of anilines is 2. The molecular weight excluding hydrogens is 370 g/mol. The standard InChI is InChI=1S/C22H23N3O2S/c1-2-13-27-16-10-8-15(9-11-16)21-24-19(14-28-21)22(26)25-12-4-5-17-18(23)6-3-7-20(17)25/h3,6-11,14H,2,4-5,12-13,23H2,1H3. The summed E-state index contributed by atoms with van der Waals surface area (Å²) in [5.41, 5.74) is 10.3. The number of rotatable bonds is 5. The molecule has 2 aromatic carbocycles. The van der Waals surface area contributed by atoms with Gasteiger partial charge >= 0.3 is 0 Å². The van der Waals surface area contributed by atoms with Crippen LogP contribution in [0.3, 0.4) is 0 Å². The highest BCUT2D eigenvalue weighted by atomic mass is 32.1. The quantitative estimate of drug-likeness (QED) is 0.634. The van der Waals surface area contributed by atoms with Crippen molar-refractivity contribution in [2.24, 2.45) is 0 Å². The first-order valence-electron chi connectivity index (χ1n) is 9.55. The number of hydrogen-bond acceptors (Lipinski definition) is 5. The minimum absolute atomic E-state index is 0.0723. The number of carbonyl (C=O) groups is 1. The van der Waals surface area contributed by atoms with Crippen molar-refractivity contribution in [3.63, 3.8) is 0 Å². The molecule has 0 bridgehead atoms. The molecule has 1 aliphatic rings. The number of aromatic nitrogens is 1. The number of nitrogens with two attached hydrogens (primary N) is 1. The van der Waals surface area contributed by atoms with Gasteiger partial charge in [0.2, 0.25) is 0 Å². The van der Waals surface area contributed by atoms with Gasteiger partial charge in [0.05, 0.1) is 6.61 Å². The molecule has 1 aromatic heterocycles. The normalized spacial score (nSPS) is 13.2. The summed E-state index contributed by atoms with van der Waals surface area (Å²) in [6, 6.07) is 13.6. The number of hydrogen-bond donors (Lipinski definition) is 1. The van der Waals surface area contributed by atoms with Crippen molar-refractivity contribution in [3.05, 3.63) is 59.1 Å². The molecule has 5 nitrogen and oxygen atoms in total. The molecule has 6 heteroatoms. The van der Waals surface area contributed by atoms with Crippen LogP contribution < -0.4 is 15.4 Å². The van der Waals surface area contributed by atoms with Crippen molar-refractivity contribution in [1.29, 1.82) is 0 Å². The van der Waals surface area contributed by atoms with Crippen molar-refractivity contribution in [1.82, 2.24) is 4.98 Å². The van der Waals surface area contributed by atoms with E-state index in [0.717, 1.165) is 52.5 Å². The number of fused-ring (bicyclic) bond motifs is 1. The largest absolute Gasteiger partial charge is 0.494 e. The zero-order chi connectivity index (χ0) is 19.5. The van der Waals surface area contributed by atoms with E-state index in [1.54, 1.807) is 4.90 Å². The third kappa shape index (κ3) is 3.60. The Hall–Kier alpha value is -2.86. The van der Waals surface area contributed by atoms with Crippen LogP contribution >= 0.6 is 11.3 Å². The molecule has 3 aromatic rings. The van der Waals surface area contributed by atoms with Gasteiger partial charge in [-0.2, -0.15) is 0 Å².